The minimum Gasteiger partial charge on any atom is -0.273 e. The van der Waals surface area contributed by atoms with Crippen LogP contribution in [0.2, 0.25) is 0 Å². The van der Waals surface area contributed by atoms with E-state index in [-0.39, 0.29) is 18.2 Å². The summed E-state index contributed by atoms with van der Waals surface area (Å²) in [6, 6.07) is 11.2. The molecule has 19 heavy (non-hydrogen) atoms. The molecule has 0 bridgehead atoms. The van der Waals surface area contributed by atoms with Gasteiger partial charge in [0.05, 0.1) is 11.3 Å². The number of carbonyl (C=O) groups is 2. The first kappa shape index (κ1) is 13.3. The van der Waals surface area contributed by atoms with E-state index in [1.54, 1.807) is 12.1 Å². The molecule has 2 aromatic rings. The fourth-order valence-corrected chi connectivity index (χ4v) is 2.15. The first-order valence-electron chi connectivity index (χ1n) is 5.83. The zero-order valence-electron chi connectivity index (χ0n) is 10.5. The number of carbonyl (C=O) groups excluding carboxylic acids is 2. The Labute approximate surface area is 115 Å². The molecule has 0 saturated carbocycles. The van der Waals surface area contributed by atoms with Crippen molar-refractivity contribution < 1.29 is 9.59 Å². The summed E-state index contributed by atoms with van der Waals surface area (Å²) in [5.41, 5.74) is 6.85. The number of rotatable bonds is 3. The largest absolute Gasteiger partial charge is 0.279 e. The molecule has 98 valence electrons. The lowest BCUT2D eigenvalue weighted by Crippen LogP contribution is -2.42. The summed E-state index contributed by atoms with van der Waals surface area (Å²) in [5, 5.41) is 1.81. The van der Waals surface area contributed by atoms with E-state index in [0.717, 1.165) is 11.1 Å². The second-order valence-electron chi connectivity index (χ2n) is 4.14. The van der Waals surface area contributed by atoms with Gasteiger partial charge in [-0.05, 0) is 23.9 Å². The van der Waals surface area contributed by atoms with Gasteiger partial charge in [0, 0.05) is 0 Å². The lowest BCUT2D eigenvalue weighted by molar-refractivity contribution is -0.121. The number of thiophene rings is 1. The smallest absolute Gasteiger partial charge is 0.273 e. The van der Waals surface area contributed by atoms with Gasteiger partial charge >= 0.3 is 0 Å². The van der Waals surface area contributed by atoms with E-state index in [0.29, 0.717) is 4.88 Å². The van der Waals surface area contributed by atoms with E-state index in [2.05, 4.69) is 10.9 Å². The molecule has 1 heterocycles. The van der Waals surface area contributed by atoms with Crippen molar-refractivity contribution in [2.45, 2.75) is 13.3 Å². The summed E-state index contributed by atoms with van der Waals surface area (Å²) in [7, 11) is 0. The molecule has 1 aromatic heterocycles. The van der Waals surface area contributed by atoms with Gasteiger partial charge < -0.3 is 0 Å². The Morgan fingerprint density at radius 2 is 1.84 bits per heavy atom. The molecule has 0 fully saturated rings. The second kappa shape index (κ2) is 6.15. The summed E-state index contributed by atoms with van der Waals surface area (Å²) in [6.45, 7) is 1.99. The van der Waals surface area contributed by atoms with Crippen LogP contribution in [0.1, 0.15) is 20.8 Å². The van der Waals surface area contributed by atoms with Crippen LogP contribution in [0.5, 0.6) is 0 Å². The van der Waals surface area contributed by atoms with Gasteiger partial charge in [-0.3, -0.25) is 20.4 Å². The standard InChI is InChI=1S/C14H14N2O2S/c1-10-4-6-11(7-5-10)9-13(17)15-16-14(18)12-3-2-8-19-12/h2-8H,9H2,1H3,(H,15,17)(H,16,18). The highest BCUT2D eigenvalue weighted by atomic mass is 32.1. The van der Waals surface area contributed by atoms with Crippen molar-refractivity contribution in [3.8, 4) is 0 Å². The molecule has 0 radical (unpaired) electrons. The molecule has 0 aliphatic heterocycles. The molecule has 0 saturated heterocycles. The van der Waals surface area contributed by atoms with Gasteiger partial charge in [-0.1, -0.05) is 35.9 Å². The molecule has 2 amide bonds. The summed E-state index contributed by atoms with van der Waals surface area (Å²) < 4.78 is 0. The van der Waals surface area contributed by atoms with Crippen LogP contribution in [0.4, 0.5) is 0 Å². The third kappa shape index (κ3) is 3.93. The monoisotopic (exact) mass is 274 g/mol. The Morgan fingerprint density at radius 1 is 1.11 bits per heavy atom. The van der Waals surface area contributed by atoms with Crippen molar-refractivity contribution in [3.63, 3.8) is 0 Å². The first-order chi connectivity index (χ1) is 9.15. The topological polar surface area (TPSA) is 58.2 Å². The zero-order chi connectivity index (χ0) is 13.7. The fraction of sp³-hybridized carbons (Fsp3) is 0.143. The van der Waals surface area contributed by atoms with Crippen molar-refractivity contribution in [3.05, 3.63) is 57.8 Å². The molecule has 5 heteroatoms. The molecule has 0 aliphatic carbocycles. The molecular formula is C14H14N2O2S. The van der Waals surface area contributed by atoms with Crippen LogP contribution < -0.4 is 10.9 Å². The predicted octanol–water partition coefficient (Wildman–Crippen LogP) is 2.06. The van der Waals surface area contributed by atoms with Crippen LogP contribution in [0, 0.1) is 6.92 Å². The molecule has 0 aliphatic rings. The maximum atomic E-state index is 11.6. The van der Waals surface area contributed by atoms with Gasteiger partial charge in [-0.2, -0.15) is 0 Å². The van der Waals surface area contributed by atoms with Gasteiger partial charge in [0.25, 0.3) is 5.91 Å². The normalized spacial score (nSPS) is 9.95. The zero-order valence-corrected chi connectivity index (χ0v) is 11.3. The van der Waals surface area contributed by atoms with Crippen molar-refractivity contribution in [2.75, 3.05) is 0 Å². The average Bonchev–Trinajstić information content (AvgIpc) is 2.93. The molecular weight excluding hydrogens is 260 g/mol. The van der Waals surface area contributed by atoms with E-state index in [9.17, 15) is 9.59 Å². The highest BCUT2D eigenvalue weighted by Gasteiger charge is 2.08. The molecule has 2 N–H and O–H groups in total. The lowest BCUT2D eigenvalue weighted by Gasteiger charge is -2.06. The molecule has 1 aromatic carbocycles. The SMILES string of the molecule is Cc1ccc(CC(=O)NNC(=O)c2cccs2)cc1. The van der Waals surface area contributed by atoms with Gasteiger partial charge in [-0.25, -0.2) is 0 Å². The Morgan fingerprint density at radius 3 is 2.47 bits per heavy atom. The summed E-state index contributed by atoms with van der Waals surface area (Å²) in [4.78, 5) is 23.8. The Balaban J connectivity index is 1.82. The molecule has 0 atom stereocenters. The maximum Gasteiger partial charge on any atom is 0.279 e. The molecule has 4 nitrogen and oxygen atoms in total. The minimum absolute atomic E-state index is 0.241. The van der Waals surface area contributed by atoms with E-state index in [1.807, 2.05) is 36.6 Å². The van der Waals surface area contributed by atoms with Crippen LogP contribution in [0.25, 0.3) is 0 Å². The first-order valence-corrected chi connectivity index (χ1v) is 6.71. The Hall–Kier alpha value is -2.14. The highest BCUT2D eigenvalue weighted by Crippen LogP contribution is 2.07. The Bertz CT molecular complexity index is 562. The van der Waals surface area contributed by atoms with Crippen LogP contribution in [0.15, 0.2) is 41.8 Å². The number of amides is 2. The molecule has 2 rings (SSSR count). The van der Waals surface area contributed by atoms with Gasteiger partial charge in [0.15, 0.2) is 0 Å². The third-order valence-corrected chi connectivity index (χ3v) is 3.41. The maximum absolute atomic E-state index is 11.6. The van der Waals surface area contributed by atoms with Crippen LogP contribution in [-0.2, 0) is 11.2 Å². The van der Waals surface area contributed by atoms with Crippen molar-refractivity contribution in [1.82, 2.24) is 10.9 Å². The van der Waals surface area contributed by atoms with Crippen LogP contribution in [-0.4, -0.2) is 11.8 Å². The lowest BCUT2D eigenvalue weighted by atomic mass is 10.1. The van der Waals surface area contributed by atoms with Crippen molar-refractivity contribution in [2.24, 2.45) is 0 Å². The van der Waals surface area contributed by atoms with E-state index in [4.69, 9.17) is 0 Å². The van der Waals surface area contributed by atoms with Gasteiger partial charge in [-0.15, -0.1) is 11.3 Å². The summed E-state index contributed by atoms with van der Waals surface area (Å²) in [6.07, 6.45) is 0.241. The second-order valence-corrected chi connectivity index (χ2v) is 5.09. The predicted molar refractivity (Wildman–Crippen MR) is 74.8 cm³/mol. The minimum atomic E-state index is -0.299. The summed E-state index contributed by atoms with van der Waals surface area (Å²) >= 11 is 1.32. The van der Waals surface area contributed by atoms with E-state index in [1.165, 1.54) is 11.3 Å². The average molecular weight is 274 g/mol. The molecule has 0 spiro atoms. The van der Waals surface area contributed by atoms with E-state index >= 15 is 0 Å². The van der Waals surface area contributed by atoms with Gasteiger partial charge in [0.1, 0.15) is 0 Å². The van der Waals surface area contributed by atoms with Crippen molar-refractivity contribution in [1.29, 1.82) is 0 Å². The van der Waals surface area contributed by atoms with Crippen molar-refractivity contribution >= 4 is 23.2 Å². The van der Waals surface area contributed by atoms with Gasteiger partial charge in [0.2, 0.25) is 5.91 Å². The Kier molecular flexibility index (Phi) is 4.30. The highest BCUT2D eigenvalue weighted by molar-refractivity contribution is 7.12. The van der Waals surface area contributed by atoms with Crippen LogP contribution in [0.3, 0.4) is 0 Å². The third-order valence-electron chi connectivity index (χ3n) is 2.55. The number of hydrogen-bond acceptors (Lipinski definition) is 3. The van der Waals surface area contributed by atoms with Crippen LogP contribution >= 0.6 is 11.3 Å². The number of aryl methyl sites for hydroxylation is 1. The fourth-order valence-electron chi connectivity index (χ4n) is 1.53. The summed E-state index contributed by atoms with van der Waals surface area (Å²) in [5.74, 6) is -0.541. The number of hydrogen-bond donors (Lipinski definition) is 2. The number of hydrazine groups is 1. The molecule has 0 unspecified atom stereocenters. The van der Waals surface area contributed by atoms with E-state index < -0.39 is 0 Å². The number of nitrogens with one attached hydrogen (secondary N) is 2. The number of benzene rings is 1. The quantitative estimate of drug-likeness (QED) is 0.842.